The molecule has 2 N–H and O–H groups in total. The molecule has 0 aliphatic carbocycles. The van der Waals surface area contributed by atoms with E-state index < -0.39 is 28.2 Å². The molecule has 0 radical (unpaired) electrons. The third-order valence-corrected chi connectivity index (χ3v) is 4.07. The van der Waals surface area contributed by atoms with Gasteiger partial charge in [-0.25, -0.2) is 13.1 Å². The minimum atomic E-state index is -3.79. The fraction of sp³-hybridized carbons (Fsp3) is 0.167. The summed E-state index contributed by atoms with van der Waals surface area (Å²) in [6, 6.07) is 6.35. The van der Waals surface area contributed by atoms with E-state index in [1.54, 1.807) is 30.6 Å². The molecule has 2 rings (SSSR count). The molecule has 0 fully saturated rings. The number of benzene rings is 1. The summed E-state index contributed by atoms with van der Waals surface area (Å²) in [6.45, 7) is 0. The van der Waals surface area contributed by atoms with Gasteiger partial charge >= 0.3 is 5.97 Å². The average Bonchev–Trinajstić information content (AvgIpc) is 2.90. The summed E-state index contributed by atoms with van der Waals surface area (Å²) in [5, 5.41) is 12.9. The molecule has 7 nitrogen and oxygen atoms in total. The Morgan fingerprint density at radius 2 is 2.19 bits per heavy atom. The Morgan fingerprint density at radius 1 is 1.43 bits per heavy atom. The molecule has 0 aliphatic heterocycles. The Labute approximate surface area is 126 Å². The molecule has 0 aliphatic rings. The zero-order valence-electron chi connectivity index (χ0n) is 10.7. The Morgan fingerprint density at radius 3 is 2.81 bits per heavy atom. The molecule has 1 aromatic heterocycles. The molecule has 2 aromatic rings. The second kappa shape index (κ2) is 6.15. The van der Waals surface area contributed by atoms with Crippen molar-refractivity contribution in [1.82, 2.24) is 9.78 Å². The average molecular weight is 330 g/mol. The summed E-state index contributed by atoms with van der Waals surface area (Å²) in [4.78, 5) is 10.5. The fourth-order valence-electron chi connectivity index (χ4n) is 1.64. The van der Waals surface area contributed by atoms with Crippen molar-refractivity contribution in [2.45, 2.75) is 6.42 Å². The van der Waals surface area contributed by atoms with E-state index in [1.165, 1.54) is 10.7 Å². The van der Waals surface area contributed by atoms with Gasteiger partial charge in [0.25, 0.3) is 0 Å². The van der Waals surface area contributed by atoms with E-state index in [-0.39, 0.29) is 5.69 Å². The minimum Gasteiger partial charge on any atom is -0.481 e. The number of carboxylic acid groups (broad SMARTS) is 1. The van der Waals surface area contributed by atoms with Crippen LogP contribution >= 0.6 is 11.6 Å². The highest BCUT2D eigenvalue weighted by Gasteiger charge is 2.16. The van der Waals surface area contributed by atoms with Gasteiger partial charge in [0.2, 0.25) is 10.0 Å². The number of carbonyl (C=O) groups is 1. The van der Waals surface area contributed by atoms with Crippen molar-refractivity contribution in [2.75, 3.05) is 10.5 Å². The summed E-state index contributed by atoms with van der Waals surface area (Å²) < 4.78 is 27.6. The van der Waals surface area contributed by atoms with Gasteiger partial charge in [-0.1, -0.05) is 11.6 Å². The van der Waals surface area contributed by atoms with Crippen LogP contribution in [0.3, 0.4) is 0 Å². The Hall–Kier alpha value is -2.06. The van der Waals surface area contributed by atoms with Crippen LogP contribution in [0.5, 0.6) is 0 Å². The predicted octanol–water partition coefficient (Wildman–Crippen LogP) is 1.74. The zero-order chi connectivity index (χ0) is 15.5. The topological polar surface area (TPSA) is 101 Å². The molecule has 9 heteroatoms. The summed E-state index contributed by atoms with van der Waals surface area (Å²) in [7, 11) is -3.79. The largest absolute Gasteiger partial charge is 0.481 e. The SMILES string of the molecule is O=C(O)CCS(=O)(=O)Nc1cc(Cl)ccc1-n1cccn1. The van der Waals surface area contributed by atoms with Gasteiger partial charge < -0.3 is 5.11 Å². The molecular weight excluding hydrogens is 318 g/mol. The number of hydrogen-bond acceptors (Lipinski definition) is 4. The lowest BCUT2D eigenvalue weighted by Crippen LogP contribution is -2.20. The molecule has 0 saturated carbocycles. The summed E-state index contributed by atoms with van der Waals surface area (Å²) in [5.74, 6) is -1.70. The molecule has 0 bridgehead atoms. The van der Waals surface area contributed by atoms with Crippen LogP contribution in [0, 0.1) is 0 Å². The summed E-state index contributed by atoms with van der Waals surface area (Å²) in [6.07, 6.45) is 2.72. The molecule has 21 heavy (non-hydrogen) atoms. The van der Waals surface area contributed by atoms with Crippen LogP contribution in [0.15, 0.2) is 36.7 Å². The van der Waals surface area contributed by atoms with Crippen molar-refractivity contribution >= 4 is 33.3 Å². The van der Waals surface area contributed by atoms with E-state index >= 15 is 0 Å². The van der Waals surface area contributed by atoms with Crippen molar-refractivity contribution in [2.24, 2.45) is 0 Å². The van der Waals surface area contributed by atoms with Gasteiger partial charge in [0.15, 0.2) is 0 Å². The van der Waals surface area contributed by atoms with Gasteiger partial charge in [0, 0.05) is 17.4 Å². The maximum atomic E-state index is 11.9. The molecule has 112 valence electrons. The van der Waals surface area contributed by atoms with Gasteiger partial charge in [-0.3, -0.25) is 9.52 Å². The van der Waals surface area contributed by atoms with Crippen molar-refractivity contribution in [3.63, 3.8) is 0 Å². The highest BCUT2D eigenvalue weighted by atomic mass is 35.5. The predicted molar refractivity (Wildman–Crippen MR) is 78.2 cm³/mol. The number of carboxylic acids is 1. The van der Waals surface area contributed by atoms with E-state index in [9.17, 15) is 13.2 Å². The van der Waals surface area contributed by atoms with Gasteiger partial charge in [-0.2, -0.15) is 5.10 Å². The minimum absolute atomic E-state index is 0.233. The second-order valence-electron chi connectivity index (χ2n) is 4.18. The van der Waals surface area contributed by atoms with Crippen LogP contribution in [-0.2, 0) is 14.8 Å². The first-order chi connectivity index (χ1) is 9.87. The number of nitrogens with zero attached hydrogens (tertiary/aromatic N) is 2. The molecule has 0 saturated heterocycles. The molecule has 0 spiro atoms. The fourth-order valence-corrected chi connectivity index (χ4v) is 2.86. The van der Waals surface area contributed by atoms with Gasteiger partial charge in [-0.05, 0) is 24.3 Å². The number of hydrogen-bond donors (Lipinski definition) is 2. The highest BCUT2D eigenvalue weighted by molar-refractivity contribution is 7.92. The Kier molecular flexibility index (Phi) is 4.49. The molecule has 0 unspecified atom stereocenters. The third-order valence-electron chi connectivity index (χ3n) is 2.56. The maximum Gasteiger partial charge on any atom is 0.304 e. The van der Waals surface area contributed by atoms with Gasteiger partial charge in [0.1, 0.15) is 0 Å². The number of anilines is 1. The van der Waals surface area contributed by atoms with Gasteiger partial charge in [-0.15, -0.1) is 0 Å². The quantitative estimate of drug-likeness (QED) is 0.840. The van der Waals surface area contributed by atoms with Crippen molar-refractivity contribution in [3.05, 3.63) is 41.7 Å². The Bertz CT molecular complexity index is 744. The number of rotatable bonds is 6. The van der Waals surface area contributed by atoms with Gasteiger partial charge in [0.05, 0.1) is 23.5 Å². The maximum absolute atomic E-state index is 11.9. The van der Waals surface area contributed by atoms with Crippen molar-refractivity contribution in [1.29, 1.82) is 0 Å². The first-order valence-electron chi connectivity index (χ1n) is 5.89. The number of halogens is 1. The van der Waals surface area contributed by atoms with Crippen molar-refractivity contribution < 1.29 is 18.3 Å². The van der Waals surface area contributed by atoms with E-state index in [1.807, 2.05) is 0 Å². The number of nitrogens with one attached hydrogen (secondary N) is 1. The lowest BCUT2D eigenvalue weighted by molar-refractivity contribution is -0.136. The van der Waals surface area contributed by atoms with Crippen LogP contribution in [0.2, 0.25) is 5.02 Å². The van der Waals surface area contributed by atoms with Crippen LogP contribution < -0.4 is 4.72 Å². The second-order valence-corrected chi connectivity index (χ2v) is 6.46. The molecule has 0 amide bonds. The summed E-state index contributed by atoms with van der Waals surface area (Å²) >= 11 is 5.88. The lowest BCUT2D eigenvalue weighted by atomic mass is 10.3. The van der Waals surface area contributed by atoms with E-state index in [2.05, 4.69) is 9.82 Å². The lowest BCUT2D eigenvalue weighted by Gasteiger charge is -2.12. The molecule has 0 atom stereocenters. The Balaban J connectivity index is 2.31. The highest BCUT2D eigenvalue weighted by Crippen LogP contribution is 2.25. The van der Waals surface area contributed by atoms with E-state index in [4.69, 9.17) is 16.7 Å². The number of sulfonamides is 1. The van der Waals surface area contributed by atoms with Crippen molar-refractivity contribution in [3.8, 4) is 5.69 Å². The molecular formula is C12H12ClN3O4S. The number of aliphatic carboxylic acids is 1. The molecule has 1 heterocycles. The zero-order valence-corrected chi connectivity index (χ0v) is 12.3. The van der Waals surface area contributed by atoms with Crippen LogP contribution in [-0.4, -0.2) is 35.0 Å². The summed E-state index contributed by atoms with van der Waals surface area (Å²) in [5.41, 5.74) is 0.722. The normalized spacial score (nSPS) is 11.3. The van der Waals surface area contributed by atoms with E-state index in [0.29, 0.717) is 10.7 Å². The third kappa shape index (κ3) is 4.20. The monoisotopic (exact) mass is 329 g/mol. The smallest absolute Gasteiger partial charge is 0.304 e. The van der Waals surface area contributed by atoms with E-state index in [0.717, 1.165) is 0 Å². The van der Waals surface area contributed by atoms with Crippen LogP contribution in [0.1, 0.15) is 6.42 Å². The number of aromatic nitrogens is 2. The van der Waals surface area contributed by atoms with Crippen LogP contribution in [0.25, 0.3) is 5.69 Å². The van der Waals surface area contributed by atoms with Crippen LogP contribution in [0.4, 0.5) is 5.69 Å². The first-order valence-corrected chi connectivity index (χ1v) is 7.92. The first kappa shape index (κ1) is 15.3. The molecule has 1 aromatic carbocycles. The standard InChI is InChI=1S/C12H12ClN3O4S/c13-9-2-3-11(16-6-1-5-14-16)10(8-9)15-21(19,20)7-4-12(17)18/h1-3,5-6,8,15H,4,7H2,(H,17,18).